The van der Waals surface area contributed by atoms with Crippen molar-refractivity contribution in [2.75, 3.05) is 6.54 Å². The Kier molecular flexibility index (Phi) is 4.19. The van der Waals surface area contributed by atoms with Crippen molar-refractivity contribution >= 4 is 29.1 Å². The van der Waals surface area contributed by atoms with Gasteiger partial charge in [-0.1, -0.05) is 12.2 Å². The molecule has 0 saturated carbocycles. The minimum atomic E-state index is -0.845. The third kappa shape index (κ3) is 2.89. The van der Waals surface area contributed by atoms with Crippen LogP contribution < -0.4 is 16.8 Å². The molecule has 2 unspecified atom stereocenters. The maximum absolute atomic E-state index is 11.6. The van der Waals surface area contributed by atoms with Crippen molar-refractivity contribution in [3.8, 4) is 0 Å². The highest BCUT2D eigenvalue weighted by Crippen LogP contribution is 2.20. The van der Waals surface area contributed by atoms with Crippen molar-refractivity contribution < 1.29 is 9.59 Å². The summed E-state index contributed by atoms with van der Waals surface area (Å²) in [6, 6.07) is -1.37. The maximum atomic E-state index is 11.6. The molecule has 0 aromatic heterocycles. The van der Waals surface area contributed by atoms with Crippen LogP contribution in [-0.4, -0.2) is 40.5 Å². The summed E-state index contributed by atoms with van der Waals surface area (Å²) in [5.74, 6) is -0.421. The van der Waals surface area contributed by atoms with Gasteiger partial charge in [-0.05, 0) is 26.3 Å². The van der Waals surface area contributed by atoms with E-state index < -0.39 is 18.0 Å². The van der Waals surface area contributed by atoms with E-state index in [0.29, 0.717) is 4.99 Å². The van der Waals surface area contributed by atoms with Gasteiger partial charge < -0.3 is 11.5 Å². The zero-order chi connectivity index (χ0) is 12.3. The highest BCUT2D eigenvalue weighted by molar-refractivity contribution is 7.80. The molecule has 1 aliphatic rings. The third-order valence-corrected chi connectivity index (χ3v) is 3.02. The van der Waals surface area contributed by atoms with Crippen molar-refractivity contribution in [2.24, 2.45) is 11.5 Å². The van der Waals surface area contributed by atoms with Crippen LogP contribution in [0.1, 0.15) is 19.8 Å². The minimum absolute atomic E-state index is 0.0661. The van der Waals surface area contributed by atoms with Gasteiger partial charge in [0.1, 0.15) is 0 Å². The molecule has 16 heavy (non-hydrogen) atoms. The number of imide groups is 1. The van der Waals surface area contributed by atoms with E-state index in [-0.39, 0.29) is 6.04 Å². The minimum Gasteiger partial charge on any atom is -0.392 e. The van der Waals surface area contributed by atoms with E-state index >= 15 is 0 Å². The molecule has 5 N–H and O–H groups in total. The first-order chi connectivity index (χ1) is 7.43. The van der Waals surface area contributed by atoms with Crippen LogP contribution >= 0.6 is 12.2 Å². The van der Waals surface area contributed by atoms with Crippen LogP contribution in [0.2, 0.25) is 0 Å². The third-order valence-electron chi connectivity index (χ3n) is 2.75. The number of nitrogens with zero attached hydrogens (tertiary/aromatic N) is 1. The van der Waals surface area contributed by atoms with Gasteiger partial charge in [0, 0.05) is 0 Å². The molecular weight excluding hydrogens is 228 g/mol. The van der Waals surface area contributed by atoms with E-state index in [2.05, 4.69) is 5.32 Å². The highest BCUT2D eigenvalue weighted by atomic mass is 32.1. The lowest BCUT2D eigenvalue weighted by molar-refractivity contribution is -0.124. The molecule has 90 valence electrons. The monoisotopic (exact) mass is 244 g/mol. The molecule has 0 aromatic carbocycles. The van der Waals surface area contributed by atoms with E-state index in [1.807, 2.05) is 4.90 Å². The molecule has 0 aliphatic carbocycles. The Bertz CT molecular complexity index is 321. The number of likely N-dealkylation sites (tertiary alicyclic amines) is 1. The average molecular weight is 244 g/mol. The average Bonchev–Trinajstić information content (AvgIpc) is 2.63. The summed E-state index contributed by atoms with van der Waals surface area (Å²) in [6.45, 7) is 2.45. The summed E-state index contributed by atoms with van der Waals surface area (Å²) in [6.07, 6.45) is 1.79. The number of nitrogens with one attached hydrogen (secondary N) is 1. The van der Waals surface area contributed by atoms with Crippen LogP contribution in [0.25, 0.3) is 0 Å². The van der Waals surface area contributed by atoms with Gasteiger partial charge >= 0.3 is 6.03 Å². The highest BCUT2D eigenvalue weighted by Gasteiger charge is 2.33. The van der Waals surface area contributed by atoms with Crippen molar-refractivity contribution in [1.29, 1.82) is 0 Å². The van der Waals surface area contributed by atoms with Crippen LogP contribution in [-0.2, 0) is 4.79 Å². The van der Waals surface area contributed by atoms with Crippen molar-refractivity contribution in [3.63, 3.8) is 0 Å². The quantitative estimate of drug-likeness (QED) is 0.571. The van der Waals surface area contributed by atoms with E-state index in [4.69, 9.17) is 23.7 Å². The van der Waals surface area contributed by atoms with E-state index in [1.165, 1.54) is 0 Å². The van der Waals surface area contributed by atoms with E-state index in [9.17, 15) is 9.59 Å². The second-order valence-electron chi connectivity index (χ2n) is 3.83. The molecule has 6 nitrogen and oxygen atoms in total. The smallest absolute Gasteiger partial charge is 0.318 e. The number of amides is 3. The van der Waals surface area contributed by atoms with Gasteiger partial charge in [-0.2, -0.15) is 0 Å². The van der Waals surface area contributed by atoms with Gasteiger partial charge in [0.15, 0.2) is 0 Å². The molecule has 1 aliphatic heterocycles. The van der Waals surface area contributed by atoms with Crippen LogP contribution in [0.5, 0.6) is 0 Å². The molecule has 0 bridgehead atoms. The molecule has 2 atom stereocenters. The fraction of sp³-hybridized carbons (Fsp3) is 0.667. The Morgan fingerprint density at radius 3 is 2.62 bits per heavy atom. The number of nitrogens with two attached hydrogens (primary N) is 2. The largest absolute Gasteiger partial charge is 0.392 e. The fourth-order valence-corrected chi connectivity index (χ4v) is 2.19. The predicted molar refractivity (Wildman–Crippen MR) is 63.7 cm³/mol. The summed E-state index contributed by atoms with van der Waals surface area (Å²) in [5, 5.41) is 2.05. The zero-order valence-corrected chi connectivity index (χ0v) is 9.92. The molecule has 7 heteroatoms. The molecule has 1 heterocycles. The van der Waals surface area contributed by atoms with Crippen LogP contribution in [0, 0.1) is 0 Å². The molecule has 0 spiro atoms. The number of carbonyl (C=O) groups excluding carboxylic acids is 2. The Labute approximate surface area is 99.3 Å². The molecule has 1 saturated heterocycles. The number of carbonyl (C=O) groups is 2. The Morgan fingerprint density at radius 1 is 1.50 bits per heavy atom. The fourth-order valence-electron chi connectivity index (χ4n) is 1.93. The molecule has 0 radical (unpaired) electrons. The summed E-state index contributed by atoms with van der Waals surface area (Å²) in [4.78, 5) is 24.4. The molecular formula is C9H16N4O2S. The summed E-state index contributed by atoms with van der Waals surface area (Å²) in [7, 11) is 0. The number of hydrogen-bond donors (Lipinski definition) is 3. The zero-order valence-electron chi connectivity index (χ0n) is 9.10. The lowest BCUT2D eigenvalue weighted by atomic mass is 10.2. The Balaban J connectivity index is 2.65. The predicted octanol–water partition coefficient (Wildman–Crippen LogP) is -0.680. The first-order valence-electron chi connectivity index (χ1n) is 5.09. The maximum Gasteiger partial charge on any atom is 0.318 e. The van der Waals surface area contributed by atoms with Gasteiger partial charge in [0.05, 0.1) is 17.1 Å². The first-order valence-corrected chi connectivity index (χ1v) is 5.49. The van der Waals surface area contributed by atoms with Gasteiger partial charge in [-0.25, -0.2) is 4.79 Å². The van der Waals surface area contributed by atoms with Gasteiger partial charge in [-0.15, -0.1) is 0 Å². The van der Waals surface area contributed by atoms with Gasteiger partial charge in [-0.3, -0.25) is 15.0 Å². The summed E-state index contributed by atoms with van der Waals surface area (Å²) < 4.78 is 0. The van der Waals surface area contributed by atoms with Crippen LogP contribution in [0.15, 0.2) is 0 Å². The summed E-state index contributed by atoms with van der Waals surface area (Å²) >= 11 is 4.94. The number of thiocarbonyl (C=S) groups is 1. The van der Waals surface area contributed by atoms with Crippen LogP contribution in [0.3, 0.4) is 0 Å². The van der Waals surface area contributed by atoms with Gasteiger partial charge in [0.25, 0.3) is 0 Å². The Morgan fingerprint density at radius 2 is 2.12 bits per heavy atom. The van der Waals surface area contributed by atoms with E-state index in [1.54, 1.807) is 6.92 Å². The molecule has 1 rings (SSSR count). The van der Waals surface area contributed by atoms with Crippen LogP contribution in [0.4, 0.5) is 4.79 Å². The normalized spacial score (nSPS) is 22.7. The second-order valence-corrected chi connectivity index (χ2v) is 4.30. The van der Waals surface area contributed by atoms with Crippen molar-refractivity contribution in [3.05, 3.63) is 0 Å². The Hall–Kier alpha value is -1.21. The van der Waals surface area contributed by atoms with E-state index in [0.717, 1.165) is 19.4 Å². The second kappa shape index (κ2) is 5.22. The molecule has 1 fully saturated rings. The van der Waals surface area contributed by atoms with Gasteiger partial charge in [0.2, 0.25) is 5.91 Å². The number of rotatable bonds is 3. The topological polar surface area (TPSA) is 101 Å². The van der Waals surface area contributed by atoms with Crippen molar-refractivity contribution in [2.45, 2.75) is 31.8 Å². The summed E-state index contributed by atoms with van der Waals surface area (Å²) in [5.41, 5.74) is 10.5. The standard InChI is InChI=1S/C9H16N4O2S/c1-5(8(14)12-9(11)15)13-4-2-3-6(13)7(10)16/h5-6H,2-4H2,1H3,(H2,10,16)(H3,11,12,14,15). The number of hydrogen-bond acceptors (Lipinski definition) is 4. The number of primary amides is 1. The molecule has 0 aromatic rings. The number of urea groups is 1. The molecule has 3 amide bonds. The lowest BCUT2D eigenvalue weighted by Gasteiger charge is -2.28. The first kappa shape index (κ1) is 12.9. The SMILES string of the molecule is CC(C(=O)NC(N)=O)N1CCCC1C(N)=S. The lowest BCUT2D eigenvalue weighted by Crippen LogP contribution is -2.52. The van der Waals surface area contributed by atoms with Crippen molar-refractivity contribution in [1.82, 2.24) is 10.2 Å².